The second-order valence-corrected chi connectivity index (χ2v) is 4.86. The van der Waals surface area contributed by atoms with E-state index in [2.05, 4.69) is 17.1 Å². The molecule has 1 saturated heterocycles. The predicted molar refractivity (Wildman–Crippen MR) is 61.0 cm³/mol. The molecule has 0 aromatic rings. The zero-order valence-electron chi connectivity index (χ0n) is 9.87. The molecule has 5 heteroatoms. The highest BCUT2D eigenvalue weighted by molar-refractivity contribution is 5.88. The van der Waals surface area contributed by atoms with Gasteiger partial charge >= 0.3 is 0 Å². The molecule has 1 saturated carbocycles. The molecule has 2 rings (SSSR count). The third-order valence-electron chi connectivity index (χ3n) is 3.47. The Balaban J connectivity index is 1.70. The fraction of sp³-hybridized carbons (Fsp3) is 0.909. The molecular weight excluding hydrogens is 206 g/mol. The molecular formula is C11H21N3O2. The number of amides is 1. The molecule has 0 spiro atoms. The summed E-state index contributed by atoms with van der Waals surface area (Å²) in [5.74, 6) is 0.00705. The van der Waals surface area contributed by atoms with Crippen LogP contribution in [-0.2, 0) is 9.53 Å². The van der Waals surface area contributed by atoms with Gasteiger partial charge in [-0.1, -0.05) is 0 Å². The van der Waals surface area contributed by atoms with Crippen LogP contribution in [0.1, 0.15) is 19.8 Å². The predicted octanol–water partition coefficient (Wildman–Crippen LogP) is -0.685. The Bertz CT molecular complexity index is 260. The molecule has 3 N–H and O–H groups in total. The first kappa shape index (κ1) is 11.8. The summed E-state index contributed by atoms with van der Waals surface area (Å²) in [6.45, 7) is 6.29. The van der Waals surface area contributed by atoms with Crippen LogP contribution in [0.4, 0.5) is 0 Å². The van der Waals surface area contributed by atoms with Gasteiger partial charge in [0, 0.05) is 25.7 Å². The number of nitrogens with two attached hydrogens (primary N) is 1. The Morgan fingerprint density at radius 1 is 1.50 bits per heavy atom. The Morgan fingerprint density at radius 2 is 2.12 bits per heavy atom. The van der Waals surface area contributed by atoms with E-state index in [1.807, 2.05) is 0 Å². The number of carbonyl (C=O) groups is 1. The molecule has 0 radical (unpaired) electrons. The van der Waals surface area contributed by atoms with Crippen molar-refractivity contribution in [2.24, 2.45) is 5.73 Å². The van der Waals surface area contributed by atoms with Gasteiger partial charge in [-0.2, -0.15) is 0 Å². The summed E-state index contributed by atoms with van der Waals surface area (Å²) >= 11 is 0. The summed E-state index contributed by atoms with van der Waals surface area (Å²) in [6.07, 6.45) is 1.65. The van der Waals surface area contributed by atoms with E-state index >= 15 is 0 Å². The summed E-state index contributed by atoms with van der Waals surface area (Å²) in [4.78, 5) is 14.0. The highest BCUT2D eigenvalue weighted by Crippen LogP contribution is 2.31. The largest absolute Gasteiger partial charge is 0.379 e. The molecule has 1 unspecified atom stereocenters. The van der Waals surface area contributed by atoms with Crippen molar-refractivity contribution >= 4 is 5.91 Å². The maximum atomic E-state index is 11.6. The lowest BCUT2D eigenvalue weighted by Gasteiger charge is -2.32. The van der Waals surface area contributed by atoms with Gasteiger partial charge in [-0.15, -0.1) is 0 Å². The molecule has 2 aliphatic rings. The van der Waals surface area contributed by atoms with Gasteiger partial charge < -0.3 is 15.8 Å². The number of hydrogen-bond acceptors (Lipinski definition) is 4. The monoisotopic (exact) mass is 227 g/mol. The number of rotatable bonds is 4. The maximum absolute atomic E-state index is 11.6. The number of ether oxygens (including phenoxy) is 1. The van der Waals surface area contributed by atoms with Gasteiger partial charge in [-0.3, -0.25) is 9.69 Å². The molecule has 1 heterocycles. The third kappa shape index (κ3) is 2.72. The standard InChI is InChI=1S/C11H21N3O2/c1-9(14-4-6-16-7-5-14)8-13-10(15)11(12)2-3-11/h9H,2-8,12H2,1H3,(H,13,15). The van der Waals surface area contributed by atoms with E-state index in [0.29, 0.717) is 12.6 Å². The Morgan fingerprint density at radius 3 is 2.69 bits per heavy atom. The minimum Gasteiger partial charge on any atom is -0.379 e. The van der Waals surface area contributed by atoms with E-state index in [1.165, 1.54) is 0 Å². The van der Waals surface area contributed by atoms with Crippen LogP contribution in [-0.4, -0.2) is 55.2 Å². The summed E-state index contributed by atoms with van der Waals surface area (Å²) < 4.78 is 5.29. The normalized spacial score (nSPS) is 26.1. The highest BCUT2D eigenvalue weighted by atomic mass is 16.5. The Hall–Kier alpha value is -0.650. The molecule has 1 atom stereocenters. The van der Waals surface area contributed by atoms with Crippen molar-refractivity contribution in [3.8, 4) is 0 Å². The van der Waals surface area contributed by atoms with Crippen LogP contribution in [0.15, 0.2) is 0 Å². The van der Waals surface area contributed by atoms with Gasteiger partial charge in [0.25, 0.3) is 0 Å². The van der Waals surface area contributed by atoms with Crippen molar-refractivity contribution in [2.75, 3.05) is 32.8 Å². The van der Waals surface area contributed by atoms with Crippen molar-refractivity contribution in [3.05, 3.63) is 0 Å². The first-order valence-corrected chi connectivity index (χ1v) is 6.01. The van der Waals surface area contributed by atoms with E-state index in [-0.39, 0.29) is 5.91 Å². The summed E-state index contributed by atoms with van der Waals surface area (Å²) in [5.41, 5.74) is 5.26. The maximum Gasteiger partial charge on any atom is 0.240 e. The molecule has 1 aliphatic heterocycles. The lowest BCUT2D eigenvalue weighted by atomic mass is 10.2. The van der Waals surface area contributed by atoms with Crippen LogP contribution in [0.2, 0.25) is 0 Å². The highest BCUT2D eigenvalue weighted by Gasteiger charge is 2.45. The van der Waals surface area contributed by atoms with E-state index < -0.39 is 5.54 Å². The summed E-state index contributed by atoms with van der Waals surface area (Å²) in [5, 5.41) is 2.94. The molecule has 16 heavy (non-hydrogen) atoms. The van der Waals surface area contributed by atoms with E-state index in [1.54, 1.807) is 0 Å². The zero-order chi connectivity index (χ0) is 11.6. The second kappa shape index (κ2) is 4.69. The third-order valence-corrected chi connectivity index (χ3v) is 3.47. The van der Waals surface area contributed by atoms with Crippen LogP contribution < -0.4 is 11.1 Å². The summed E-state index contributed by atoms with van der Waals surface area (Å²) in [7, 11) is 0. The molecule has 0 aromatic heterocycles. The number of carbonyl (C=O) groups excluding carboxylic acids is 1. The smallest absolute Gasteiger partial charge is 0.240 e. The van der Waals surface area contributed by atoms with Gasteiger partial charge in [0.05, 0.1) is 18.8 Å². The van der Waals surface area contributed by atoms with Crippen molar-refractivity contribution in [2.45, 2.75) is 31.3 Å². The molecule has 1 aliphatic carbocycles. The van der Waals surface area contributed by atoms with Gasteiger partial charge in [-0.05, 0) is 19.8 Å². The average molecular weight is 227 g/mol. The topological polar surface area (TPSA) is 67.6 Å². The fourth-order valence-electron chi connectivity index (χ4n) is 1.93. The zero-order valence-corrected chi connectivity index (χ0v) is 9.87. The van der Waals surface area contributed by atoms with Crippen LogP contribution in [0.25, 0.3) is 0 Å². The average Bonchev–Trinajstić information content (AvgIpc) is 3.06. The number of hydrogen-bond donors (Lipinski definition) is 2. The van der Waals surface area contributed by atoms with Gasteiger partial charge in [0.1, 0.15) is 0 Å². The van der Waals surface area contributed by atoms with Gasteiger partial charge in [0.2, 0.25) is 5.91 Å². The van der Waals surface area contributed by atoms with Crippen LogP contribution in [0.5, 0.6) is 0 Å². The molecule has 5 nitrogen and oxygen atoms in total. The summed E-state index contributed by atoms with van der Waals surface area (Å²) in [6, 6.07) is 0.357. The first-order chi connectivity index (χ1) is 7.62. The van der Waals surface area contributed by atoms with Gasteiger partial charge in [-0.25, -0.2) is 0 Å². The van der Waals surface area contributed by atoms with Crippen molar-refractivity contribution in [1.29, 1.82) is 0 Å². The first-order valence-electron chi connectivity index (χ1n) is 6.01. The van der Waals surface area contributed by atoms with Crippen molar-refractivity contribution in [3.63, 3.8) is 0 Å². The number of morpholine rings is 1. The number of nitrogens with zero attached hydrogens (tertiary/aromatic N) is 1. The second-order valence-electron chi connectivity index (χ2n) is 4.86. The number of nitrogens with one attached hydrogen (secondary N) is 1. The SMILES string of the molecule is CC(CNC(=O)C1(N)CC1)N1CCOCC1. The van der Waals surface area contributed by atoms with E-state index in [0.717, 1.165) is 39.1 Å². The van der Waals surface area contributed by atoms with Crippen LogP contribution in [0.3, 0.4) is 0 Å². The lowest BCUT2D eigenvalue weighted by molar-refractivity contribution is -0.123. The molecule has 0 bridgehead atoms. The minimum atomic E-state index is -0.551. The van der Waals surface area contributed by atoms with Crippen LogP contribution >= 0.6 is 0 Å². The molecule has 1 amide bonds. The minimum absolute atomic E-state index is 0.00705. The van der Waals surface area contributed by atoms with Gasteiger partial charge in [0.15, 0.2) is 0 Å². The van der Waals surface area contributed by atoms with Crippen molar-refractivity contribution < 1.29 is 9.53 Å². The van der Waals surface area contributed by atoms with E-state index in [9.17, 15) is 4.79 Å². The molecule has 2 fully saturated rings. The van der Waals surface area contributed by atoms with E-state index in [4.69, 9.17) is 10.5 Å². The quantitative estimate of drug-likeness (QED) is 0.667. The Labute approximate surface area is 96.3 Å². The molecule has 0 aromatic carbocycles. The lowest BCUT2D eigenvalue weighted by Crippen LogP contribution is -2.50. The van der Waals surface area contributed by atoms with Crippen molar-refractivity contribution in [1.82, 2.24) is 10.2 Å². The Kier molecular flexibility index (Phi) is 3.47. The fourth-order valence-corrected chi connectivity index (χ4v) is 1.93. The molecule has 92 valence electrons. The van der Waals surface area contributed by atoms with Crippen LogP contribution in [0, 0.1) is 0 Å².